The highest BCUT2D eigenvalue weighted by atomic mass is 16.6. The Bertz CT molecular complexity index is 376. The molecule has 0 saturated heterocycles. The summed E-state index contributed by atoms with van der Waals surface area (Å²) < 4.78 is 10.0. The molecular formula is C10H13NO4. The molecule has 5 heteroatoms. The number of hydrogen-bond donors (Lipinski definition) is 0. The first kappa shape index (κ1) is 11.3. The van der Waals surface area contributed by atoms with Gasteiger partial charge in [0, 0.05) is 6.07 Å². The van der Waals surface area contributed by atoms with Gasteiger partial charge in [0.15, 0.2) is 5.75 Å². The molecule has 5 nitrogen and oxygen atoms in total. The minimum atomic E-state index is -0.472. The Morgan fingerprint density at radius 2 is 2.00 bits per heavy atom. The standard InChI is InChI=1S/C10H13NO4/c1-4-7-5-8(11(12)13)10(15-3)9(6-7)14-2/h5-6H,4H2,1-3H3. The van der Waals surface area contributed by atoms with E-state index >= 15 is 0 Å². The van der Waals surface area contributed by atoms with E-state index in [1.165, 1.54) is 20.3 Å². The molecule has 0 amide bonds. The highest BCUT2D eigenvalue weighted by Crippen LogP contribution is 2.37. The van der Waals surface area contributed by atoms with Crippen molar-refractivity contribution in [3.8, 4) is 11.5 Å². The van der Waals surface area contributed by atoms with Crippen LogP contribution in [0.5, 0.6) is 11.5 Å². The SMILES string of the molecule is CCc1cc(OC)c(OC)c([N+](=O)[O-])c1. The van der Waals surface area contributed by atoms with Crippen molar-refractivity contribution in [1.29, 1.82) is 0 Å². The summed E-state index contributed by atoms with van der Waals surface area (Å²) in [5.74, 6) is 0.559. The molecule has 82 valence electrons. The molecule has 0 aliphatic carbocycles. The van der Waals surface area contributed by atoms with Crippen LogP contribution in [-0.4, -0.2) is 19.1 Å². The van der Waals surface area contributed by atoms with Crippen molar-refractivity contribution >= 4 is 5.69 Å². The first-order valence-corrected chi connectivity index (χ1v) is 4.53. The number of benzene rings is 1. The molecule has 0 spiro atoms. The van der Waals surface area contributed by atoms with E-state index in [1.54, 1.807) is 6.07 Å². The first-order chi connectivity index (χ1) is 7.13. The third-order valence-corrected chi connectivity index (χ3v) is 2.12. The van der Waals surface area contributed by atoms with Crippen LogP contribution in [-0.2, 0) is 6.42 Å². The molecule has 0 fully saturated rings. The summed E-state index contributed by atoms with van der Waals surface area (Å²) in [5.41, 5.74) is 0.785. The average molecular weight is 211 g/mol. The van der Waals surface area contributed by atoms with Gasteiger partial charge in [-0.2, -0.15) is 0 Å². The zero-order valence-corrected chi connectivity index (χ0v) is 8.94. The first-order valence-electron chi connectivity index (χ1n) is 4.53. The molecule has 0 N–H and O–H groups in total. The van der Waals surface area contributed by atoms with Crippen LogP contribution in [0.1, 0.15) is 12.5 Å². The number of rotatable bonds is 4. The summed E-state index contributed by atoms with van der Waals surface area (Å²) >= 11 is 0. The van der Waals surface area contributed by atoms with Gasteiger partial charge in [0.1, 0.15) is 0 Å². The number of nitrogens with zero attached hydrogens (tertiary/aromatic N) is 1. The molecule has 1 rings (SSSR count). The van der Waals surface area contributed by atoms with Gasteiger partial charge in [0.2, 0.25) is 5.75 Å². The molecule has 0 aromatic heterocycles. The lowest BCUT2D eigenvalue weighted by molar-refractivity contribution is -0.385. The number of hydrogen-bond acceptors (Lipinski definition) is 4. The third kappa shape index (κ3) is 2.18. The van der Waals surface area contributed by atoms with Crippen molar-refractivity contribution in [1.82, 2.24) is 0 Å². The van der Waals surface area contributed by atoms with Crippen molar-refractivity contribution in [3.63, 3.8) is 0 Å². The van der Waals surface area contributed by atoms with Crippen LogP contribution in [0.4, 0.5) is 5.69 Å². The zero-order chi connectivity index (χ0) is 11.4. The second-order valence-electron chi connectivity index (χ2n) is 2.96. The highest BCUT2D eigenvalue weighted by Gasteiger charge is 2.20. The largest absolute Gasteiger partial charge is 0.493 e. The van der Waals surface area contributed by atoms with Crippen LogP contribution in [0.15, 0.2) is 12.1 Å². The van der Waals surface area contributed by atoms with Crippen LogP contribution >= 0.6 is 0 Å². The molecule has 0 unspecified atom stereocenters. The normalized spacial score (nSPS) is 9.80. The van der Waals surface area contributed by atoms with Gasteiger partial charge in [-0.25, -0.2) is 0 Å². The van der Waals surface area contributed by atoms with Crippen LogP contribution in [0, 0.1) is 10.1 Å². The second kappa shape index (κ2) is 4.63. The molecule has 0 aliphatic heterocycles. The number of aryl methyl sites for hydroxylation is 1. The fourth-order valence-electron chi connectivity index (χ4n) is 1.34. The molecule has 0 bridgehead atoms. The maximum Gasteiger partial charge on any atom is 0.315 e. The lowest BCUT2D eigenvalue weighted by Crippen LogP contribution is -1.98. The van der Waals surface area contributed by atoms with Crippen LogP contribution in [0.3, 0.4) is 0 Å². The fourth-order valence-corrected chi connectivity index (χ4v) is 1.34. The molecule has 1 aromatic carbocycles. The number of ether oxygens (including phenoxy) is 2. The Labute approximate surface area is 87.8 Å². The van der Waals surface area contributed by atoms with Crippen LogP contribution in [0.2, 0.25) is 0 Å². The van der Waals surface area contributed by atoms with E-state index in [0.717, 1.165) is 5.56 Å². The lowest BCUT2D eigenvalue weighted by Gasteiger charge is -2.09. The van der Waals surface area contributed by atoms with Crippen molar-refractivity contribution in [2.75, 3.05) is 14.2 Å². The van der Waals surface area contributed by atoms with Gasteiger partial charge < -0.3 is 9.47 Å². The van der Waals surface area contributed by atoms with E-state index in [9.17, 15) is 10.1 Å². The average Bonchev–Trinajstić information content (AvgIpc) is 2.26. The fraction of sp³-hybridized carbons (Fsp3) is 0.400. The number of nitro groups is 1. The Balaban J connectivity index is 3.39. The van der Waals surface area contributed by atoms with E-state index in [-0.39, 0.29) is 11.4 Å². The minimum absolute atomic E-state index is 0.0614. The summed E-state index contributed by atoms with van der Waals surface area (Å²) in [6.07, 6.45) is 0.710. The quantitative estimate of drug-likeness (QED) is 0.565. The van der Waals surface area contributed by atoms with E-state index < -0.39 is 4.92 Å². The summed E-state index contributed by atoms with van der Waals surface area (Å²) in [7, 11) is 2.84. The van der Waals surface area contributed by atoms with Gasteiger partial charge in [-0.05, 0) is 18.1 Å². The van der Waals surface area contributed by atoms with E-state index in [1.807, 2.05) is 6.92 Å². The minimum Gasteiger partial charge on any atom is -0.493 e. The molecule has 0 heterocycles. The maximum atomic E-state index is 10.8. The molecule has 0 saturated carbocycles. The monoisotopic (exact) mass is 211 g/mol. The van der Waals surface area contributed by atoms with Crippen molar-refractivity contribution in [3.05, 3.63) is 27.8 Å². The predicted molar refractivity (Wildman–Crippen MR) is 55.6 cm³/mol. The maximum absolute atomic E-state index is 10.8. The van der Waals surface area contributed by atoms with Crippen LogP contribution in [0.25, 0.3) is 0 Å². The van der Waals surface area contributed by atoms with Gasteiger partial charge in [-0.15, -0.1) is 0 Å². The Morgan fingerprint density at radius 3 is 2.40 bits per heavy atom. The molecule has 0 radical (unpaired) electrons. The van der Waals surface area contributed by atoms with E-state index in [2.05, 4.69) is 0 Å². The Kier molecular flexibility index (Phi) is 3.49. The lowest BCUT2D eigenvalue weighted by atomic mass is 10.1. The molecule has 1 aromatic rings. The van der Waals surface area contributed by atoms with Crippen molar-refractivity contribution < 1.29 is 14.4 Å². The smallest absolute Gasteiger partial charge is 0.315 e. The summed E-state index contributed by atoms with van der Waals surface area (Å²) in [6, 6.07) is 3.24. The summed E-state index contributed by atoms with van der Waals surface area (Å²) in [5, 5.41) is 10.8. The highest BCUT2D eigenvalue weighted by molar-refractivity contribution is 5.58. The molecule has 0 atom stereocenters. The zero-order valence-electron chi connectivity index (χ0n) is 8.94. The molecule has 15 heavy (non-hydrogen) atoms. The van der Waals surface area contributed by atoms with Gasteiger partial charge in [0.05, 0.1) is 19.1 Å². The van der Waals surface area contributed by atoms with E-state index in [0.29, 0.717) is 12.2 Å². The molecule has 0 aliphatic rings. The topological polar surface area (TPSA) is 61.6 Å². The van der Waals surface area contributed by atoms with E-state index in [4.69, 9.17) is 9.47 Å². The van der Waals surface area contributed by atoms with Crippen LogP contribution < -0.4 is 9.47 Å². The Hall–Kier alpha value is -1.78. The molecular weight excluding hydrogens is 198 g/mol. The number of methoxy groups -OCH3 is 2. The van der Waals surface area contributed by atoms with Gasteiger partial charge in [-0.1, -0.05) is 6.92 Å². The van der Waals surface area contributed by atoms with Gasteiger partial charge in [-0.3, -0.25) is 10.1 Å². The predicted octanol–water partition coefficient (Wildman–Crippen LogP) is 2.17. The third-order valence-electron chi connectivity index (χ3n) is 2.12. The van der Waals surface area contributed by atoms with Gasteiger partial charge in [0.25, 0.3) is 0 Å². The van der Waals surface area contributed by atoms with Crippen molar-refractivity contribution in [2.24, 2.45) is 0 Å². The Morgan fingerprint density at radius 1 is 1.33 bits per heavy atom. The number of nitro benzene ring substituents is 1. The summed E-state index contributed by atoms with van der Waals surface area (Å²) in [6.45, 7) is 1.92. The van der Waals surface area contributed by atoms with Gasteiger partial charge >= 0.3 is 5.69 Å². The second-order valence-corrected chi connectivity index (χ2v) is 2.96. The summed E-state index contributed by atoms with van der Waals surface area (Å²) in [4.78, 5) is 10.3. The van der Waals surface area contributed by atoms with Crippen molar-refractivity contribution in [2.45, 2.75) is 13.3 Å².